The molecule has 3 aromatic rings. The van der Waals surface area contributed by atoms with Gasteiger partial charge in [-0.15, -0.1) is 0 Å². The first-order valence-electron chi connectivity index (χ1n) is 9.69. The van der Waals surface area contributed by atoms with Crippen LogP contribution in [0.5, 0.6) is 5.75 Å². The third kappa shape index (κ3) is 4.50. The van der Waals surface area contributed by atoms with Gasteiger partial charge >= 0.3 is 11.9 Å². The summed E-state index contributed by atoms with van der Waals surface area (Å²) >= 11 is 0. The van der Waals surface area contributed by atoms with Gasteiger partial charge in [-0.1, -0.05) is 29.8 Å². The lowest BCUT2D eigenvalue weighted by Crippen LogP contribution is -2.40. The third-order valence-corrected chi connectivity index (χ3v) is 5.06. The number of phenolic OH excluding ortho intramolecular Hbond substituents is 1. The Morgan fingerprint density at radius 3 is 2.53 bits per heavy atom. The highest BCUT2D eigenvalue weighted by atomic mass is 19.3. The van der Waals surface area contributed by atoms with Crippen LogP contribution in [0.4, 0.5) is 8.78 Å². The third-order valence-electron chi connectivity index (χ3n) is 5.06. The maximum atomic E-state index is 15.1. The Balaban J connectivity index is 2.04. The van der Waals surface area contributed by atoms with E-state index in [0.29, 0.717) is 10.9 Å². The number of aromatic nitrogens is 1. The molecule has 2 N–H and O–H groups in total. The van der Waals surface area contributed by atoms with E-state index in [0.717, 1.165) is 11.1 Å². The maximum absolute atomic E-state index is 15.1. The summed E-state index contributed by atoms with van der Waals surface area (Å²) in [5.74, 6) is -7.25. The molecule has 0 aliphatic heterocycles. The van der Waals surface area contributed by atoms with Crippen molar-refractivity contribution in [2.45, 2.75) is 38.5 Å². The first kappa shape index (κ1) is 21.5. The number of esters is 1. The van der Waals surface area contributed by atoms with E-state index < -0.39 is 23.4 Å². The van der Waals surface area contributed by atoms with Gasteiger partial charge in [0.25, 0.3) is 5.56 Å². The molecule has 1 aromatic heterocycles. The van der Waals surface area contributed by atoms with Gasteiger partial charge in [-0.25, -0.2) is 4.79 Å². The van der Waals surface area contributed by atoms with Gasteiger partial charge in [-0.2, -0.15) is 8.78 Å². The number of pyridine rings is 1. The predicted octanol–water partition coefficient (Wildman–Crippen LogP) is 4.46. The van der Waals surface area contributed by atoms with Crippen LogP contribution in [0.2, 0.25) is 0 Å². The molecule has 0 bridgehead atoms. The maximum Gasteiger partial charge on any atom is 0.377 e. The molecule has 1 heterocycles. The topological polar surface area (TPSA) is 79.4 Å². The van der Waals surface area contributed by atoms with Crippen molar-refractivity contribution in [2.75, 3.05) is 6.61 Å². The van der Waals surface area contributed by atoms with Crippen molar-refractivity contribution in [3.63, 3.8) is 0 Å². The zero-order valence-corrected chi connectivity index (χ0v) is 16.7. The molecule has 0 saturated heterocycles. The lowest BCUT2D eigenvalue weighted by atomic mass is 9.87. The number of phenols is 1. The van der Waals surface area contributed by atoms with E-state index in [2.05, 4.69) is 9.72 Å². The van der Waals surface area contributed by atoms with Crippen LogP contribution >= 0.6 is 0 Å². The molecule has 5 nitrogen and oxygen atoms in total. The second-order valence-electron chi connectivity index (χ2n) is 7.25. The number of fused-ring (bicyclic) bond motifs is 1. The van der Waals surface area contributed by atoms with Crippen LogP contribution in [0.15, 0.2) is 53.3 Å². The van der Waals surface area contributed by atoms with Crippen LogP contribution < -0.4 is 5.56 Å². The van der Waals surface area contributed by atoms with E-state index in [1.54, 1.807) is 0 Å². The van der Waals surface area contributed by atoms with Gasteiger partial charge in [0.1, 0.15) is 5.75 Å². The number of aromatic hydroxyl groups is 1. The number of rotatable bonds is 7. The van der Waals surface area contributed by atoms with Crippen LogP contribution in [0.25, 0.3) is 10.9 Å². The summed E-state index contributed by atoms with van der Waals surface area (Å²) < 4.78 is 34.8. The molecule has 7 heteroatoms. The minimum atomic E-state index is -3.88. The summed E-state index contributed by atoms with van der Waals surface area (Å²) in [6.07, 6.45) is 0.133. The number of halogens is 2. The Morgan fingerprint density at radius 1 is 1.17 bits per heavy atom. The summed E-state index contributed by atoms with van der Waals surface area (Å²) in [5, 5.41) is 10.1. The highest BCUT2D eigenvalue weighted by molar-refractivity contribution is 5.82. The molecule has 1 unspecified atom stereocenters. The molecule has 0 aliphatic rings. The Labute approximate surface area is 172 Å². The fraction of sp³-hybridized carbons (Fsp3) is 0.304. The molecule has 0 radical (unpaired) electrons. The van der Waals surface area contributed by atoms with Crippen LogP contribution in [-0.4, -0.2) is 28.6 Å². The van der Waals surface area contributed by atoms with Crippen molar-refractivity contribution in [1.82, 2.24) is 4.98 Å². The molecule has 2 aromatic carbocycles. The van der Waals surface area contributed by atoms with Gasteiger partial charge in [-0.3, -0.25) is 4.79 Å². The Kier molecular flexibility index (Phi) is 6.20. The first-order valence-corrected chi connectivity index (χ1v) is 9.69. The standard InChI is InChI=1S/C23H23F2NO4/c1-3-30-22(29)23(24,25)19(11-8-15-6-4-14(2)5-7-15)18-12-16-9-10-17(27)13-20(16)26-21(18)28/h4-7,9-10,12-13,19,27H,3,8,11H2,1-2H3,(H,26,28). The van der Waals surface area contributed by atoms with Gasteiger partial charge < -0.3 is 14.8 Å². The molecule has 1 atom stereocenters. The number of aryl methyl sites for hydroxylation is 2. The number of alkyl halides is 2. The van der Waals surface area contributed by atoms with E-state index in [1.807, 2.05) is 31.2 Å². The lowest BCUT2D eigenvalue weighted by Gasteiger charge is -2.25. The van der Waals surface area contributed by atoms with E-state index >= 15 is 8.78 Å². The van der Waals surface area contributed by atoms with E-state index in [4.69, 9.17) is 0 Å². The van der Waals surface area contributed by atoms with Crippen LogP contribution in [0, 0.1) is 6.92 Å². The normalized spacial score (nSPS) is 12.7. The van der Waals surface area contributed by atoms with Gasteiger partial charge in [-0.05, 0) is 55.8 Å². The number of benzene rings is 2. The summed E-state index contributed by atoms with van der Waals surface area (Å²) in [7, 11) is 0. The number of ether oxygens (including phenoxy) is 1. The molecule has 0 fully saturated rings. The number of carbonyl (C=O) groups is 1. The fourth-order valence-electron chi connectivity index (χ4n) is 3.43. The molecule has 0 saturated carbocycles. The average Bonchev–Trinajstić information content (AvgIpc) is 2.70. The number of H-pyrrole nitrogens is 1. The van der Waals surface area contributed by atoms with Gasteiger partial charge in [0.15, 0.2) is 0 Å². The van der Waals surface area contributed by atoms with Gasteiger partial charge in [0, 0.05) is 11.6 Å². The second kappa shape index (κ2) is 8.65. The second-order valence-corrected chi connectivity index (χ2v) is 7.25. The van der Waals surface area contributed by atoms with Crippen molar-refractivity contribution in [1.29, 1.82) is 0 Å². The number of hydrogen-bond donors (Lipinski definition) is 2. The largest absolute Gasteiger partial charge is 0.508 e. The van der Waals surface area contributed by atoms with E-state index in [-0.39, 0.29) is 30.8 Å². The Bertz CT molecular complexity index is 1110. The molecule has 158 valence electrons. The lowest BCUT2D eigenvalue weighted by molar-refractivity contribution is -0.175. The van der Waals surface area contributed by atoms with Crippen molar-refractivity contribution in [3.8, 4) is 5.75 Å². The van der Waals surface area contributed by atoms with Crippen LogP contribution in [0.3, 0.4) is 0 Å². The monoisotopic (exact) mass is 415 g/mol. The zero-order valence-electron chi connectivity index (χ0n) is 16.7. The van der Waals surface area contributed by atoms with Crippen molar-refractivity contribution in [2.24, 2.45) is 0 Å². The SMILES string of the molecule is CCOC(=O)C(F)(F)C(CCc1ccc(C)cc1)c1cc2ccc(O)cc2[nH]c1=O. The molecule has 0 amide bonds. The number of aromatic amines is 1. The number of carbonyl (C=O) groups excluding carboxylic acids is 1. The summed E-state index contributed by atoms with van der Waals surface area (Å²) in [4.78, 5) is 27.2. The van der Waals surface area contributed by atoms with E-state index in [1.165, 1.54) is 31.2 Å². The minimum absolute atomic E-state index is 0.0568. The quantitative estimate of drug-likeness (QED) is 0.559. The summed E-state index contributed by atoms with van der Waals surface area (Å²) in [6.45, 7) is 3.19. The van der Waals surface area contributed by atoms with Crippen molar-refractivity contribution >= 4 is 16.9 Å². The van der Waals surface area contributed by atoms with E-state index in [9.17, 15) is 14.7 Å². The molecular weight excluding hydrogens is 392 g/mol. The zero-order chi connectivity index (χ0) is 21.9. The molecule has 3 rings (SSSR count). The molecule has 0 aliphatic carbocycles. The highest BCUT2D eigenvalue weighted by Crippen LogP contribution is 2.38. The predicted molar refractivity (Wildman–Crippen MR) is 110 cm³/mol. The van der Waals surface area contributed by atoms with Crippen molar-refractivity contribution in [3.05, 3.63) is 75.6 Å². The summed E-state index contributed by atoms with van der Waals surface area (Å²) in [6, 6.07) is 13.0. The average molecular weight is 415 g/mol. The molecular formula is C23H23F2NO4. The van der Waals surface area contributed by atoms with Gasteiger partial charge in [0.2, 0.25) is 0 Å². The molecule has 30 heavy (non-hydrogen) atoms. The van der Waals surface area contributed by atoms with Crippen molar-refractivity contribution < 1.29 is 23.4 Å². The van der Waals surface area contributed by atoms with Crippen LogP contribution in [0.1, 0.15) is 36.0 Å². The highest BCUT2D eigenvalue weighted by Gasteiger charge is 2.50. The minimum Gasteiger partial charge on any atom is -0.508 e. The van der Waals surface area contributed by atoms with Gasteiger partial charge in [0.05, 0.1) is 18.0 Å². The Hall–Kier alpha value is -3.22. The van der Waals surface area contributed by atoms with Crippen LogP contribution in [-0.2, 0) is 16.0 Å². The number of nitrogens with one attached hydrogen (secondary N) is 1. The smallest absolute Gasteiger partial charge is 0.377 e. The molecule has 0 spiro atoms. The first-order chi connectivity index (χ1) is 14.2. The fourth-order valence-corrected chi connectivity index (χ4v) is 3.43. The number of hydrogen-bond acceptors (Lipinski definition) is 4. The summed E-state index contributed by atoms with van der Waals surface area (Å²) in [5.41, 5.74) is 1.26. The Morgan fingerprint density at radius 2 is 1.87 bits per heavy atom.